The molecule has 32 heavy (non-hydrogen) atoms. The molecule has 1 fully saturated rings. The first-order valence-electron chi connectivity index (χ1n) is 7.36. The quantitative estimate of drug-likeness (QED) is 0.131. The normalized spacial score (nSPS) is 28.3. The summed E-state index contributed by atoms with van der Waals surface area (Å²) < 4.78 is 50.0. The van der Waals surface area contributed by atoms with E-state index in [0.29, 0.717) is 10.8 Å². The Morgan fingerprint density at radius 1 is 1.16 bits per heavy atom. The van der Waals surface area contributed by atoms with Crippen LogP contribution >= 0.6 is 23.5 Å². The summed E-state index contributed by atoms with van der Waals surface area (Å²) in [5.74, 6) is -1.91. The zero-order valence-electron chi connectivity index (χ0n) is 16.2. The van der Waals surface area contributed by atoms with Gasteiger partial charge in [-0.15, -0.1) is 0 Å². The summed E-state index contributed by atoms with van der Waals surface area (Å²) in [6, 6.07) is 0. The number of phosphoric ester groups is 1. The minimum absolute atomic E-state index is 0. The Hall–Kier alpha value is 0.770. The van der Waals surface area contributed by atoms with Crippen LogP contribution in [0.1, 0.15) is 6.23 Å². The molecule has 7 atom stereocenters. The van der Waals surface area contributed by atoms with Crippen LogP contribution in [0.25, 0.3) is 0 Å². The molecule has 23 heteroatoms. The van der Waals surface area contributed by atoms with E-state index in [-0.39, 0.29) is 59.1 Å². The molecule has 3 unspecified atom stereocenters. The van der Waals surface area contributed by atoms with Gasteiger partial charge in [0.2, 0.25) is 0 Å². The van der Waals surface area contributed by atoms with E-state index in [0.717, 1.165) is 0 Å². The first-order valence-corrected chi connectivity index (χ1v) is 11.8. The number of nitrogen functional groups attached to an aromatic ring is 1. The molecule has 0 amide bonds. The van der Waals surface area contributed by atoms with Gasteiger partial charge in [-0.1, -0.05) is 0 Å². The summed E-state index contributed by atoms with van der Waals surface area (Å²) >= 11 is 0. The fraction of sp³-hybridized carbons (Fsp3) is 0.556. The smallest absolute Gasteiger partial charge is 0.756 e. The molecule has 0 aromatic carbocycles. The van der Waals surface area contributed by atoms with Gasteiger partial charge in [-0.05, 0) is 0 Å². The summed E-state index contributed by atoms with van der Waals surface area (Å²) in [5.41, 5.74) is 4.10. The number of anilines is 1. The zero-order valence-corrected chi connectivity index (χ0v) is 22.9. The van der Waals surface area contributed by atoms with Gasteiger partial charge >= 0.3 is 80.4 Å². The second-order valence-electron chi connectivity index (χ2n) is 5.55. The molecule has 2 heterocycles. The van der Waals surface area contributed by atoms with E-state index in [1.807, 2.05) is 0 Å². The summed E-state index contributed by atoms with van der Waals surface area (Å²) in [4.78, 5) is 54.8. The number of aromatic nitrogens is 2. The molecule has 0 aliphatic carbocycles. The van der Waals surface area contributed by atoms with E-state index in [1.165, 1.54) is 0 Å². The molecular weight excluding hydrogens is 529 g/mol. The van der Waals surface area contributed by atoms with Crippen LogP contribution in [0.4, 0.5) is 5.82 Å². The Balaban J connectivity index is 0.00000480. The van der Waals surface area contributed by atoms with Crippen LogP contribution in [0.5, 0.6) is 5.75 Å². The van der Waals surface area contributed by atoms with Crippen molar-refractivity contribution in [2.24, 2.45) is 0 Å². The number of phosphoric acid groups is 3. The number of nitrogens with two attached hydrogens (primary N) is 1. The molecule has 2 rings (SSSR count). The van der Waals surface area contributed by atoms with Crippen LogP contribution in [0.2, 0.25) is 0 Å². The maximum absolute atomic E-state index is 12.0. The van der Waals surface area contributed by atoms with Crippen molar-refractivity contribution >= 4 is 29.3 Å². The van der Waals surface area contributed by atoms with E-state index < -0.39 is 71.9 Å². The third-order valence-corrected chi connectivity index (χ3v) is 7.05. The molecule has 1 aromatic heterocycles. The first kappa shape index (κ1) is 32.8. The summed E-state index contributed by atoms with van der Waals surface area (Å²) in [6.45, 7) is -0.751. The van der Waals surface area contributed by atoms with Crippen molar-refractivity contribution in [1.82, 2.24) is 9.55 Å². The minimum atomic E-state index is -5.95. The van der Waals surface area contributed by atoms with Gasteiger partial charge in [0.1, 0.15) is 18.3 Å². The van der Waals surface area contributed by atoms with Crippen molar-refractivity contribution in [2.75, 3.05) is 12.3 Å². The molecule has 172 valence electrons. The average molecular weight is 543 g/mol. The Bertz CT molecular complexity index is 1000. The fourth-order valence-electron chi connectivity index (χ4n) is 2.23. The SMILES string of the molecule is Nc1nc(=O)n([C@@H]2O[C@H](CO)[C@@H](O)[C@H]2O)cc1OP(=O)([O-])OP(=O)(O)OP(=O)([O-])O.[Na+].[Na+]. The Morgan fingerprint density at radius 2 is 1.72 bits per heavy atom. The van der Waals surface area contributed by atoms with Crippen molar-refractivity contribution in [1.29, 1.82) is 0 Å². The second kappa shape index (κ2) is 12.1. The van der Waals surface area contributed by atoms with Gasteiger partial charge in [0.05, 0.1) is 12.8 Å². The molecule has 0 radical (unpaired) electrons. The molecule has 0 saturated carbocycles. The first-order chi connectivity index (χ1) is 13.6. The molecule has 1 saturated heterocycles. The minimum Gasteiger partial charge on any atom is -0.756 e. The van der Waals surface area contributed by atoms with Gasteiger partial charge in [0.15, 0.2) is 17.8 Å². The average Bonchev–Trinajstić information content (AvgIpc) is 2.81. The maximum atomic E-state index is 12.0. The summed E-state index contributed by atoms with van der Waals surface area (Å²) in [5, 5.41) is 28.7. The topological polar surface area (TPSA) is 296 Å². The number of hydrogen-bond donors (Lipinski definition) is 6. The Kier molecular flexibility index (Phi) is 12.4. The van der Waals surface area contributed by atoms with Gasteiger partial charge in [-0.25, -0.2) is 18.0 Å². The van der Waals surface area contributed by atoms with Gasteiger partial charge in [-0.3, -0.25) is 13.7 Å². The monoisotopic (exact) mass is 543 g/mol. The van der Waals surface area contributed by atoms with Crippen LogP contribution in [-0.4, -0.2) is 59.6 Å². The van der Waals surface area contributed by atoms with E-state index in [4.69, 9.17) is 25.4 Å². The van der Waals surface area contributed by atoms with Crippen LogP contribution in [0, 0.1) is 0 Å². The van der Waals surface area contributed by atoms with Crippen molar-refractivity contribution in [2.45, 2.75) is 24.5 Å². The number of aliphatic hydroxyl groups excluding tert-OH is 3. The third kappa shape index (κ3) is 8.77. The van der Waals surface area contributed by atoms with Crippen LogP contribution in [0.3, 0.4) is 0 Å². The second-order valence-corrected chi connectivity index (χ2v) is 9.81. The number of aliphatic hydroxyl groups is 3. The van der Waals surface area contributed by atoms with Gasteiger partial charge in [0.25, 0.3) is 7.82 Å². The van der Waals surface area contributed by atoms with E-state index in [1.54, 1.807) is 0 Å². The predicted molar refractivity (Wildman–Crippen MR) is 86.0 cm³/mol. The van der Waals surface area contributed by atoms with Crippen LogP contribution in [-0.2, 0) is 27.1 Å². The third-order valence-electron chi connectivity index (χ3n) is 3.36. The largest absolute Gasteiger partial charge is 1.00 e. The molecule has 18 nitrogen and oxygen atoms in total. The number of hydrogen-bond acceptors (Lipinski definition) is 15. The molecule has 0 bridgehead atoms. The molecule has 1 aromatic rings. The molecule has 7 N–H and O–H groups in total. The zero-order chi connectivity index (χ0) is 23.1. The summed E-state index contributed by atoms with van der Waals surface area (Å²) in [7, 11) is -17.8. The van der Waals surface area contributed by atoms with E-state index in [2.05, 4.69) is 18.1 Å². The van der Waals surface area contributed by atoms with Crippen LogP contribution in [0.15, 0.2) is 11.0 Å². The van der Waals surface area contributed by atoms with Crippen molar-refractivity contribution in [3.63, 3.8) is 0 Å². The number of ether oxygens (including phenoxy) is 1. The van der Waals surface area contributed by atoms with Gasteiger partial charge in [-0.2, -0.15) is 4.98 Å². The van der Waals surface area contributed by atoms with E-state index in [9.17, 15) is 38.5 Å². The Morgan fingerprint density at radius 3 is 2.19 bits per heavy atom. The Labute approximate surface area is 222 Å². The predicted octanol–water partition coefficient (Wildman–Crippen LogP) is -10.1. The molecule has 0 spiro atoms. The van der Waals surface area contributed by atoms with E-state index >= 15 is 0 Å². The number of nitrogens with zero attached hydrogens (tertiary/aromatic N) is 2. The van der Waals surface area contributed by atoms with Crippen molar-refractivity contribution < 1.29 is 126 Å². The van der Waals surface area contributed by atoms with Crippen molar-refractivity contribution in [3.05, 3.63) is 16.7 Å². The standard InChI is InChI=1S/C9H16N3O15P3.2Na/c10-7-3(25-29(20,21)27-30(22,23)26-28(17,18)19)1-12(9(16)11-7)8-6(15)5(14)4(2-13)24-8;;/h1,4-6,8,13-15H,2H2,(H,20,21)(H,22,23)(H2,10,11,16)(H2,17,18,19);;/q;2*+1/p-2/t4-,5-,6-,8-;;/m1../s1. The molecule has 1 aliphatic rings. The van der Waals surface area contributed by atoms with Crippen LogP contribution < -0.4 is 84.8 Å². The fourth-order valence-corrected chi connectivity index (χ4v) is 5.19. The molecular formula is C9H14N3Na2O15P3. The number of rotatable bonds is 8. The molecule has 1 aliphatic heterocycles. The van der Waals surface area contributed by atoms with Gasteiger partial charge in [0, 0.05) is 0 Å². The maximum Gasteiger partial charge on any atom is 1.00 e. The summed E-state index contributed by atoms with van der Waals surface area (Å²) in [6.07, 6.45) is -5.91. The van der Waals surface area contributed by atoms with Gasteiger partial charge < -0.3 is 49.9 Å². The van der Waals surface area contributed by atoms with Crippen molar-refractivity contribution in [3.8, 4) is 5.75 Å².